The van der Waals surface area contributed by atoms with Crippen LogP contribution < -0.4 is 15.1 Å². The Morgan fingerprint density at radius 1 is 1.21 bits per heavy atom. The van der Waals surface area contributed by atoms with Crippen LogP contribution in [0.25, 0.3) is 0 Å². The van der Waals surface area contributed by atoms with Gasteiger partial charge in [0.1, 0.15) is 5.82 Å². The van der Waals surface area contributed by atoms with Gasteiger partial charge in [0.25, 0.3) is 5.91 Å². The number of amides is 1. The van der Waals surface area contributed by atoms with E-state index in [9.17, 15) is 4.79 Å². The van der Waals surface area contributed by atoms with Crippen LogP contribution >= 0.6 is 11.8 Å². The summed E-state index contributed by atoms with van der Waals surface area (Å²) < 4.78 is 5.43. The van der Waals surface area contributed by atoms with Crippen LogP contribution in [0, 0.1) is 6.92 Å². The molecular formula is C21H30N5O2S+. The molecule has 0 saturated carbocycles. The minimum absolute atomic E-state index is 0.0253. The van der Waals surface area contributed by atoms with Crippen LogP contribution in [-0.4, -0.2) is 69.4 Å². The maximum absolute atomic E-state index is 12.2. The summed E-state index contributed by atoms with van der Waals surface area (Å²) in [5.74, 6) is 1.70. The molecule has 0 radical (unpaired) electrons. The highest BCUT2D eigenvalue weighted by Crippen LogP contribution is 2.23. The Labute approximate surface area is 176 Å². The van der Waals surface area contributed by atoms with E-state index in [0.717, 1.165) is 60.8 Å². The van der Waals surface area contributed by atoms with Gasteiger partial charge in [0.15, 0.2) is 5.16 Å². The quantitative estimate of drug-likeness (QED) is 0.490. The van der Waals surface area contributed by atoms with Gasteiger partial charge in [-0.15, -0.1) is 0 Å². The predicted molar refractivity (Wildman–Crippen MR) is 116 cm³/mol. The molecule has 1 aliphatic rings. The van der Waals surface area contributed by atoms with Gasteiger partial charge in [-0.25, -0.2) is 9.97 Å². The highest BCUT2D eigenvalue weighted by atomic mass is 32.2. The SMILES string of the molecule is Cc1cc(N2CCOCC2)nc(SCc2ccc(C(=O)NCC[NH+](C)C)cc2)n1. The molecule has 7 nitrogen and oxygen atoms in total. The zero-order chi connectivity index (χ0) is 20.6. The first-order valence-electron chi connectivity index (χ1n) is 9.98. The topological polar surface area (TPSA) is 71.8 Å². The Balaban J connectivity index is 1.56. The number of quaternary nitrogens is 1. The van der Waals surface area contributed by atoms with Crippen molar-refractivity contribution in [3.05, 3.63) is 47.2 Å². The van der Waals surface area contributed by atoms with E-state index in [1.54, 1.807) is 11.8 Å². The first-order chi connectivity index (χ1) is 14.0. The molecule has 1 fully saturated rings. The smallest absolute Gasteiger partial charge is 0.251 e. The number of ether oxygens (including phenoxy) is 1. The second kappa shape index (κ2) is 10.6. The van der Waals surface area contributed by atoms with Gasteiger partial charge in [-0.3, -0.25) is 4.79 Å². The van der Waals surface area contributed by atoms with Gasteiger partial charge in [0.05, 0.1) is 40.4 Å². The summed E-state index contributed by atoms with van der Waals surface area (Å²) in [6.07, 6.45) is 0. The molecule has 0 spiro atoms. The van der Waals surface area contributed by atoms with E-state index in [1.165, 1.54) is 4.90 Å². The summed E-state index contributed by atoms with van der Waals surface area (Å²) in [7, 11) is 4.14. The van der Waals surface area contributed by atoms with Crippen LogP contribution in [0.15, 0.2) is 35.5 Å². The Morgan fingerprint density at radius 3 is 2.62 bits per heavy atom. The first kappa shape index (κ1) is 21.5. The molecule has 8 heteroatoms. The summed E-state index contributed by atoms with van der Waals surface area (Å²) in [5.41, 5.74) is 2.80. The summed E-state index contributed by atoms with van der Waals surface area (Å²) in [6, 6.07) is 9.78. The van der Waals surface area contributed by atoms with Crippen molar-refractivity contribution < 1.29 is 14.4 Å². The molecule has 1 aromatic carbocycles. The maximum atomic E-state index is 12.2. The Morgan fingerprint density at radius 2 is 1.93 bits per heavy atom. The average Bonchev–Trinajstić information content (AvgIpc) is 2.72. The van der Waals surface area contributed by atoms with Crippen molar-refractivity contribution >= 4 is 23.5 Å². The number of carbonyl (C=O) groups is 1. The molecule has 3 rings (SSSR count). The van der Waals surface area contributed by atoms with E-state index >= 15 is 0 Å². The van der Waals surface area contributed by atoms with Crippen molar-refractivity contribution in [3.8, 4) is 0 Å². The molecule has 29 heavy (non-hydrogen) atoms. The lowest BCUT2D eigenvalue weighted by molar-refractivity contribution is -0.856. The second-order valence-corrected chi connectivity index (χ2v) is 8.39. The summed E-state index contributed by atoms with van der Waals surface area (Å²) >= 11 is 1.61. The van der Waals surface area contributed by atoms with Crippen molar-refractivity contribution in [2.24, 2.45) is 0 Å². The summed E-state index contributed by atoms with van der Waals surface area (Å²) in [6.45, 7) is 6.78. The van der Waals surface area contributed by atoms with Crippen LogP contribution in [0.5, 0.6) is 0 Å². The number of thioether (sulfide) groups is 1. The number of aryl methyl sites for hydroxylation is 1. The number of aromatic nitrogens is 2. The minimum atomic E-state index is -0.0253. The van der Waals surface area contributed by atoms with Crippen molar-refractivity contribution in [3.63, 3.8) is 0 Å². The summed E-state index contributed by atoms with van der Waals surface area (Å²) in [5, 5.41) is 3.73. The number of benzene rings is 1. The fourth-order valence-electron chi connectivity index (χ4n) is 2.97. The van der Waals surface area contributed by atoms with Gasteiger partial charge >= 0.3 is 0 Å². The molecule has 0 unspecified atom stereocenters. The van der Waals surface area contributed by atoms with Gasteiger partial charge < -0.3 is 19.9 Å². The Bertz CT molecular complexity index is 807. The van der Waals surface area contributed by atoms with E-state index in [4.69, 9.17) is 9.72 Å². The van der Waals surface area contributed by atoms with Crippen molar-refractivity contribution in [2.45, 2.75) is 17.8 Å². The Kier molecular flexibility index (Phi) is 7.85. The fraction of sp³-hybridized carbons (Fsp3) is 0.476. The van der Waals surface area contributed by atoms with Crippen LogP contribution in [0.4, 0.5) is 5.82 Å². The maximum Gasteiger partial charge on any atom is 0.251 e. The molecular weight excluding hydrogens is 386 g/mol. The van der Waals surface area contributed by atoms with Crippen molar-refractivity contribution in [1.29, 1.82) is 0 Å². The van der Waals surface area contributed by atoms with Crippen molar-refractivity contribution in [2.75, 3.05) is 58.4 Å². The number of likely N-dealkylation sites (N-methyl/N-ethyl adjacent to an activating group) is 1. The summed E-state index contributed by atoms with van der Waals surface area (Å²) in [4.78, 5) is 25.0. The standard InChI is InChI=1S/C21H29N5O2S/c1-16-14-19(26-10-12-28-13-11-26)24-21(23-16)29-15-17-4-6-18(7-5-17)20(27)22-8-9-25(2)3/h4-7,14H,8-13,15H2,1-3H3,(H,22,27)/p+1. The number of morpholine rings is 1. The van der Waals surface area contributed by atoms with Crippen LogP contribution in [0.1, 0.15) is 21.6 Å². The largest absolute Gasteiger partial charge is 0.378 e. The number of anilines is 1. The predicted octanol–water partition coefficient (Wildman–Crippen LogP) is 0.788. The molecule has 2 aromatic rings. The third kappa shape index (κ3) is 6.69. The molecule has 1 aromatic heterocycles. The van der Waals surface area contributed by atoms with Gasteiger partial charge in [0.2, 0.25) is 0 Å². The number of hydrogen-bond donors (Lipinski definition) is 2. The third-order valence-corrected chi connectivity index (χ3v) is 5.57. The van der Waals surface area contributed by atoms with Gasteiger partial charge in [-0.2, -0.15) is 0 Å². The molecule has 0 bridgehead atoms. The van der Waals surface area contributed by atoms with E-state index in [2.05, 4.69) is 29.3 Å². The molecule has 0 atom stereocenters. The Hall–Kier alpha value is -2.16. The number of carbonyl (C=O) groups excluding carboxylic acids is 1. The molecule has 1 aliphatic heterocycles. The van der Waals surface area contributed by atoms with Crippen LogP contribution in [-0.2, 0) is 10.5 Å². The van der Waals surface area contributed by atoms with E-state index in [1.807, 2.05) is 37.3 Å². The molecule has 1 amide bonds. The number of hydrogen-bond acceptors (Lipinski definition) is 6. The number of nitrogens with one attached hydrogen (secondary N) is 2. The third-order valence-electron chi connectivity index (χ3n) is 4.65. The van der Waals surface area contributed by atoms with Gasteiger partial charge in [-0.1, -0.05) is 23.9 Å². The second-order valence-electron chi connectivity index (χ2n) is 7.45. The van der Waals surface area contributed by atoms with E-state index in [0.29, 0.717) is 12.1 Å². The van der Waals surface area contributed by atoms with E-state index in [-0.39, 0.29) is 5.91 Å². The molecule has 1 saturated heterocycles. The lowest BCUT2D eigenvalue weighted by Gasteiger charge is -2.28. The molecule has 2 N–H and O–H groups in total. The zero-order valence-electron chi connectivity index (χ0n) is 17.4. The number of nitrogens with zero attached hydrogens (tertiary/aromatic N) is 3. The highest BCUT2D eigenvalue weighted by Gasteiger charge is 2.14. The van der Waals surface area contributed by atoms with E-state index < -0.39 is 0 Å². The van der Waals surface area contributed by atoms with Crippen LogP contribution in [0.2, 0.25) is 0 Å². The van der Waals surface area contributed by atoms with Crippen LogP contribution in [0.3, 0.4) is 0 Å². The normalized spacial score (nSPS) is 14.3. The fourth-order valence-corrected chi connectivity index (χ4v) is 3.83. The number of rotatable bonds is 8. The minimum Gasteiger partial charge on any atom is -0.378 e. The molecule has 0 aliphatic carbocycles. The lowest BCUT2D eigenvalue weighted by atomic mass is 10.1. The average molecular weight is 417 g/mol. The highest BCUT2D eigenvalue weighted by molar-refractivity contribution is 7.98. The first-order valence-corrected chi connectivity index (χ1v) is 11.0. The van der Waals surface area contributed by atoms with Crippen molar-refractivity contribution in [1.82, 2.24) is 15.3 Å². The van der Waals surface area contributed by atoms with Gasteiger partial charge in [0, 0.05) is 36.2 Å². The monoisotopic (exact) mass is 416 g/mol. The molecule has 2 heterocycles. The lowest BCUT2D eigenvalue weighted by Crippen LogP contribution is -3.06. The van der Waals surface area contributed by atoms with Gasteiger partial charge in [-0.05, 0) is 24.6 Å². The molecule has 156 valence electrons. The zero-order valence-corrected chi connectivity index (χ0v) is 18.2.